The molecular weight excluding hydrogens is 462 g/mol. The van der Waals surface area contributed by atoms with Crippen LogP contribution in [-0.2, 0) is 6.42 Å². The number of hydrogen-bond donors (Lipinski definition) is 2. The summed E-state index contributed by atoms with van der Waals surface area (Å²) in [5, 5.41) is 7.01. The summed E-state index contributed by atoms with van der Waals surface area (Å²) in [5.74, 6) is 0.751. The van der Waals surface area contributed by atoms with Gasteiger partial charge < -0.3 is 20.3 Å². The molecule has 7 heteroatoms. The van der Waals surface area contributed by atoms with Gasteiger partial charge in [-0.1, -0.05) is 18.2 Å². The maximum Gasteiger partial charge on any atom is 0.323 e. The van der Waals surface area contributed by atoms with Gasteiger partial charge in [0.05, 0.1) is 12.6 Å². The van der Waals surface area contributed by atoms with Crippen molar-refractivity contribution >= 4 is 34.0 Å². The van der Waals surface area contributed by atoms with Crippen LogP contribution >= 0.6 is 0 Å². The summed E-state index contributed by atoms with van der Waals surface area (Å²) < 4.78 is 5.16. The number of carbonyl (C=O) groups is 1. The predicted molar refractivity (Wildman–Crippen MR) is 151 cm³/mol. The van der Waals surface area contributed by atoms with Crippen molar-refractivity contribution in [2.75, 3.05) is 55.4 Å². The second-order valence-corrected chi connectivity index (χ2v) is 9.38. The Balaban J connectivity index is 1.12. The lowest BCUT2D eigenvalue weighted by Gasteiger charge is -2.36. The number of aryl methyl sites for hydroxylation is 1. The average Bonchev–Trinajstić information content (AvgIpc) is 2.92. The summed E-state index contributed by atoms with van der Waals surface area (Å²) in [4.78, 5) is 22.1. The number of carbonyl (C=O) groups excluding carboxylic acids is 1. The Morgan fingerprint density at radius 3 is 2.43 bits per heavy atom. The Hall–Kier alpha value is -4.10. The number of nitrogens with one attached hydrogen (secondary N) is 2. The van der Waals surface area contributed by atoms with Crippen molar-refractivity contribution in [2.24, 2.45) is 0 Å². The third kappa shape index (κ3) is 6.19. The SMILES string of the molecule is COc1ccc(NC(=O)Nc2cccc(CCN3CCN(c4cccc5nc(C)ccc45)CC3)c2)cc1. The standard InChI is InChI=1S/C30H33N5O2/c1-22-9-14-27-28(31-22)7-4-8-29(27)35-19-17-34(18-20-35)16-15-23-5-3-6-25(21-23)33-30(36)32-24-10-12-26(37-2)13-11-24/h3-14,21H,15-20H2,1-2H3,(H2,32,33,36). The molecule has 0 bridgehead atoms. The maximum absolute atomic E-state index is 12.4. The zero-order valence-corrected chi connectivity index (χ0v) is 21.4. The van der Waals surface area contributed by atoms with E-state index < -0.39 is 0 Å². The third-order valence-corrected chi connectivity index (χ3v) is 6.81. The van der Waals surface area contributed by atoms with Crippen LogP contribution in [0.2, 0.25) is 0 Å². The number of piperazine rings is 1. The summed E-state index contributed by atoms with van der Waals surface area (Å²) in [6.07, 6.45) is 0.938. The Bertz CT molecular complexity index is 1360. The molecule has 0 unspecified atom stereocenters. The van der Waals surface area contributed by atoms with E-state index in [1.807, 2.05) is 43.3 Å². The van der Waals surface area contributed by atoms with Gasteiger partial charge in [0.15, 0.2) is 0 Å². The van der Waals surface area contributed by atoms with Crippen LogP contribution in [0.25, 0.3) is 10.9 Å². The highest BCUT2D eigenvalue weighted by molar-refractivity contribution is 5.99. The smallest absolute Gasteiger partial charge is 0.323 e. The Kier molecular flexibility index (Phi) is 7.51. The number of ether oxygens (including phenoxy) is 1. The van der Waals surface area contributed by atoms with Crippen LogP contribution in [0, 0.1) is 6.92 Å². The van der Waals surface area contributed by atoms with Crippen molar-refractivity contribution in [3.8, 4) is 5.75 Å². The Morgan fingerprint density at radius 1 is 0.892 bits per heavy atom. The van der Waals surface area contributed by atoms with Crippen LogP contribution in [-0.4, -0.2) is 55.7 Å². The van der Waals surface area contributed by atoms with Crippen molar-refractivity contribution in [2.45, 2.75) is 13.3 Å². The fourth-order valence-electron chi connectivity index (χ4n) is 4.79. The number of fused-ring (bicyclic) bond motifs is 1. The highest BCUT2D eigenvalue weighted by Gasteiger charge is 2.19. The van der Waals surface area contributed by atoms with Gasteiger partial charge in [0.2, 0.25) is 0 Å². The lowest BCUT2D eigenvalue weighted by Crippen LogP contribution is -2.47. The minimum Gasteiger partial charge on any atom is -0.497 e. The van der Waals surface area contributed by atoms with Gasteiger partial charge in [0.1, 0.15) is 5.75 Å². The zero-order chi connectivity index (χ0) is 25.6. The molecule has 0 spiro atoms. The molecule has 4 aromatic rings. The number of pyridine rings is 1. The van der Waals surface area contributed by atoms with Crippen LogP contribution < -0.4 is 20.3 Å². The van der Waals surface area contributed by atoms with E-state index in [1.54, 1.807) is 7.11 Å². The number of aromatic nitrogens is 1. The molecule has 5 rings (SSSR count). The van der Waals surface area contributed by atoms with Crippen LogP contribution in [0.1, 0.15) is 11.3 Å². The highest BCUT2D eigenvalue weighted by Crippen LogP contribution is 2.27. The van der Waals surface area contributed by atoms with E-state index in [0.717, 1.165) is 61.8 Å². The minimum atomic E-state index is -0.266. The molecule has 0 saturated carbocycles. The Labute approximate surface area is 218 Å². The third-order valence-electron chi connectivity index (χ3n) is 6.81. The number of amides is 2. The summed E-state index contributed by atoms with van der Waals surface area (Å²) >= 11 is 0. The first-order valence-electron chi connectivity index (χ1n) is 12.7. The number of rotatable bonds is 7. The van der Waals surface area contributed by atoms with Gasteiger partial charge in [-0.25, -0.2) is 4.79 Å². The number of urea groups is 1. The molecule has 7 nitrogen and oxygen atoms in total. The second kappa shape index (κ2) is 11.3. The lowest BCUT2D eigenvalue weighted by molar-refractivity contribution is 0.261. The Morgan fingerprint density at radius 2 is 1.65 bits per heavy atom. The number of hydrogen-bond acceptors (Lipinski definition) is 5. The van der Waals surface area contributed by atoms with Crippen molar-refractivity contribution in [3.63, 3.8) is 0 Å². The van der Waals surface area contributed by atoms with Gasteiger partial charge in [-0.2, -0.15) is 0 Å². The monoisotopic (exact) mass is 495 g/mol. The van der Waals surface area contributed by atoms with Crippen molar-refractivity contribution in [3.05, 3.63) is 90.1 Å². The number of methoxy groups -OCH3 is 1. The largest absolute Gasteiger partial charge is 0.497 e. The molecule has 2 heterocycles. The first-order chi connectivity index (χ1) is 18.1. The van der Waals surface area contributed by atoms with E-state index in [2.05, 4.69) is 67.9 Å². The molecule has 1 saturated heterocycles. The second-order valence-electron chi connectivity index (χ2n) is 9.38. The fraction of sp³-hybridized carbons (Fsp3) is 0.267. The van der Waals surface area contributed by atoms with Gasteiger partial charge in [0, 0.05) is 60.9 Å². The van der Waals surface area contributed by atoms with E-state index in [-0.39, 0.29) is 6.03 Å². The van der Waals surface area contributed by atoms with Gasteiger partial charge in [-0.15, -0.1) is 0 Å². The van der Waals surface area contributed by atoms with Gasteiger partial charge in [-0.05, 0) is 79.6 Å². The maximum atomic E-state index is 12.4. The van der Waals surface area contributed by atoms with Gasteiger partial charge in [0.25, 0.3) is 0 Å². The average molecular weight is 496 g/mol. The highest BCUT2D eigenvalue weighted by atomic mass is 16.5. The number of anilines is 3. The quantitative estimate of drug-likeness (QED) is 0.351. The molecule has 37 heavy (non-hydrogen) atoms. The fourth-order valence-corrected chi connectivity index (χ4v) is 4.79. The van der Waals surface area contributed by atoms with E-state index in [0.29, 0.717) is 5.69 Å². The van der Waals surface area contributed by atoms with Crippen LogP contribution in [0.4, 0.5) is 21.9 Å². The molecule has 2 N–H and O–H groups in total. The molecular formula is C30H33N5O2. The van der Waals surface area contributed by atoms with E-state index in [9.17, 15) is 4.79 Å². The molecule has 1 fully saturated rings. The van der Waals surface area contributed by atoms with Gasteiger partial charge in [-0.3, -0.25) is 9.88 Å². The molecule has 2 amide bonds. The van der Waals surface area contributed by atoms with Crippen LogP contribution in [0.5, 0.6) is 5.75 Å². The van der Waals surface area contributed by atoms with Crippen LogP contribution in [0.15, 0.2) is 78.9 Å². The molecule has 1 aliphatic heterocycles. The van der Waals surface area contributed by atoms with E-state index >= 15 is 0 Å². The minimum absolute atomic E-state index is 0.266. The topological polar surface area (TPSA) is 69.7 Å². The molecule has 1 aliphatic rings. The molecule has 0 atom stereocenters. The van der Waals surface area contributed by atoms with E-state index in [4.69, 9.17) is 4.74 Å². The van der Waals surface area contributed by atoms with E-state index in [1.165, 1.54) is 16.6 Å². The summed E-state index contributed by atoms with van der Waals surface area (Å²) in [6.45, 7) is 7.08. The normalized spacial score (nSPS) is 13.9. The van der Waals surface area contributed by atoms with Crippen molar-refractivity contribution < 1.29 is 9.53 Å². The summed E-state index contributed by atoms with van der Waals surface area (Å²) in [5.41, 5.74) is 6.09. The molecule has 190 valence electrons. The first kappa shape index (κ1) is 24.6. The summed E-state index contributed by atoms with van der Waals surface area (Å²) in [7, 11) is 1.62. The predicted octanol–water partition coefficient (Wildman–Crippen LogP) is 5.56. The zero-order valence-electron chi connectivity index (χ0n) is 21.4. The number of nitrogens with zero attached hydrogens (tertiary/aromatic N) is 3. The lowest BCUT2D eigenvalue weighted by atomic mass is 10.1. The molecule has 3 aromatic carbocycles. The molecule has 1 aromatic heterocycles. The van der Waals surface area contributed by atoms with Gasteiger partial charge >= 0.3 is 6.03 Å². The summed E-state index contributed by atoms with van der Waals surface area (Å²) in [6, 6.07) is 25.8. The first-order valence-corrected chi connectivity index (χ1v) is 12.7. The van der Waals surface area contributed by atoms with Crippen LogP contribution in [0.3, 0.4) is 0 Å². The van der Waals surface area contributed by atoms with Crippen molar-refractivity contribution in [1.82, 2.24) is 9.88 Å². The molecule has 0 radical (unpaired) electrons. The number of benzene rings is 3. The van der Waals surface area contributed by atoms with Crippen molar-refractivity contribution in [1.29, 1.82) is 0 Å². The molecule has 0 aliphatic carbocycles.